The monoisotopic (exact) mass is 349 g/mol. The SMILES string of the molecule is Cc1cccc2c1[C@]1(C(=O)N2)C(C#N)=C(N)OC2=C1C(=O)CC(C)(C)C2. The fraction of sp³-hybridized carbons (Fsp3) is 0.350. The number of hydrogen-bond acceptors (Lipinski definition) is 5. The minimum Gasteiger partial charge on any atom is -0.444 e. The number of hydrogen-bond donors (Lipinski definition) is 2. The summed E-state index contributed by atoms with van der Waals surface area (Å²) in [5, 5.41) is 12.7. The van der Waals surface area contributed by atoms with Gasteiger partial charge in [-0.05, 0) is 24.0 Å². The third kappa shape index (κ3) is 1.86. The van der Waals surface area contributed by atoms with Crippen LogP contribution in [0.1, 0.15) is 37.8 Å². The first-order valence-electron chi connectivity index (χ1n) is 8.49. The molecule has 6 heteroatoms. The molecule has 0 aromatic heterocycles. The van der Waals surface area contributed by atoms with Gasteiger partial charge >= 0.3 is 0 Å². The van der Waals surface area contributed by atoms with Gasteiger partial charge in [-0.3, -0.25) is 9.59 Å². The number of nitrogens with two attached hydrogens (primary N) is 1. The largest absolute Gasteiger partial charge is 0.444 e. The standard InChI is InChI=1S/C20H19N3O3/c1-10-5-4-6-12-15(10)20(18(25)23-12)11(9-21)17(22)26-14-8-19(2,3)7-13(24)16(14)20/h4-6H,7-8,22H2,1-3H3,(H,23,25)/t20-/m1/s1. The van der Waals surface area contributed by atoms with Gasteiger partial charge in [0.1, 0.15) is 22.8 Å². The van der Waals surface area contributed by atoms with E-state index in [1.54, 1.807) is 6.07 Å². The normalized spacial score (nSPS) is 26.2. The number of nitrogens with one attached hydrogen (secondary N) is 1. The molecule has 1 spiro atoms. The second-order valence-electron chi connectivity index (χ2n) is 7.89. The number of amides is 1. The van der Waals surface area contributed by atoms with Crippen molar-refractivity contribution in [1.82, 2.24) is 0 Å². The summed E-state index contributed by atoms with van der Waals surface area (Å²) < 4.78 is 5.70. The van der Waals surface area contributed by atoms with E-state index in [1.807, 2.05) is 39.0 Å². The van der Waals surface area contributed by atoms with Crippen molar-refractivity contribution in [1.29, 1.82) is 5.26 Å². The van der Waals surface area contributed by atoms with Gasteiger partial charge in [0, 0.05) is 24.1 Å². The second kappa shape index (κ2) is 4.98. The molecule has 26 heavy (non-hydrogen) atoms. The van der Waals surface area contributed by atoms with Crippen LogP contribution < -0.4 is 11.1 Å². The zero-order chi connectivity index (χ0) is 18.9. The van der Waals surface area contributed by atoms with E-state index in [-0.39, 0.29) is 34.6 Å². The Kier molecular flexibility index (Phi) is 3.14. The highest BCUT2D eigenvalue weighted by Crippen LogP contribution is 2.56. The fourth-order valence-corrected chi connectivity index (χ4v) is 4.48. The lowest BCUT2D eigenvalue weighted by Crippen LogP contribution is -2.48. The van der Waals surface area contributed by atoms with Crippen molar-refractivity contribution in [2.45, 2.75) is 39.0 Å². The topological polar surface area (TPSA) is 105 Å². The maximum atomic E-state index is 13.2. The number of anilines is 1. The van der Waals surface area contributed by atoms with Gasteiger partial charge in [0.25, 0.3) is 0 Å². The number of aryl methyl sites for hydroxylation is 1. The third-order valence-corrected chi connectivity index (χ3v) is 5.41. The summed E-state index contributed by atoms with van der Waals surface area (Å²) in [5.41, 5.74) is 6.51. The van der Waals surface area contributed by atoms with Crippen LogP contribution in [0, 0.1) is 23.7 Å². The van der Waals surface area contributed by atoms with Crippen molar-refractivity contribution in [3.05, 3.63) is 52.1 Å². The van der Waals surface area contributed by atoms with Crippen LogP contribution in [0.5, 0.6) is 0 Å². The molecule has 4 rings (SSSR count). The number of fused-ring (bicyclic) bond motifs is 3. The van der Waals surface area contributed by atoms with Crippen LogP contribution >= 0.6 is 0 Å². The Morgan fingerprint density at radius 1 is 1.27 bits per heavy atom. The molecule has 1 aromatic rings. The quantitative estimate of drug-likeness (QED) is 0.749. The Labute approximate surface area is 151 Å². The first-order chi connectivity index (χ1) is 12.2. The van der Waals surface area contributed by atoms with E-state index in [9.17, 15) is 14.9 Å². The van der Waals surface area contributed by atoms with Gasteiger partial charge < -0.3 is 15.8 Å². The molecule has 3 aliphatic rings. The number of rotatable bonds is 0. The van der Waals surface area contributed by atoms with Crippen LogP contribution in [0.2, 0.25) is 0 Å². The maximum Gasteiger partial charge on any atom is 0.245 e. The predicted molar refractivity (Wildman–Crippen MR) is 94.4 cm³/mol. The van der Waals surface area contributed by atoms with Gasteiger partial charge in [-0.15, -0.1) is 0 Å². The average Bonchev–Trinajstić information content (AvgIpc) is 2.80. The van der Waals surface area contributed by atoms with Crippen molar-refractivity contribution in [2.24, 2.45) is 11.1 Å². The zero-order valence-electron chi connectivity index (χ0n) is 14.9. The number of nitriles is 1. The minimum absolute atomic E-state index is 0.0187. The molecular formula is C20H19N3O3. The molecule has 3 N–H and O–H groups in total. The molecule has 0 bridgehead atoms. The molecule has 0 radical (unpaired) electrons. The zero-order valence-corrected chi connectivity index (χ0v) is 14.9. The highest BCUT2D eigenvalue weighted by molar-refractivity contribution is 6.19. The van der Waals surface area contributed by atoms with Crippen molar-refractivity contribution in [3.8, 4) is 6.07 Å². The summed E-state index contributed by atoms with van der Waals surface area (Å²) in [6.45, 7) is 5.80. The van der Waals surface area contributed by atoms with Gasteiger partial charge in [0.15, 0.2) is 5.78 Å². The number of benzene rings is 1. The second-order valence-corrected chi connectivity index (χ2v) is 7.89. The molecule has 1 atom stereocenters. The van der Waals surface area contributed by atoms with Gasteiger partial charge in [0.2, 0.25) is 11.8 Å². The lowest BCUT2D eigenvalue weighted by Gasteiger charge is -2.41. The Hall–Kier alpha value is -3.07. The molecule has 6 nitrogen and oxygen atoms in total. The molecule has 0 saturated carbocycles. The molecule has 1 aromatic carbocycles. The van der Waals surface area contributed by atoms with Gasteiger partial charge in [-0.1, -0.05) is 26.0 Å². The number of carbonyl (C=O) groups is 2. The minimum atomic E-state index is -1.53. The van der Waals surface area contributed by atoms with Crippen LogP contribution in [0.15, 0.2) is 41.0 Å². The average molecular weight is 349 g/mol. The lowest BCUT2D eigenvalue weighted by molar-refractivity contribution is -0.124. The molecule has 0 fully saturated rings. The molecule has 1 amide bonds. The summed E-state index contributed by atoms with van der Waals surface area (Å²) in [4.78, 5) is 26.4. The van der Waals surface area contributed by atoms with E-state index in [1.165, 1.54) is 0 Å². The Balaban J connectivity index is 2.13. The van der Waals surface area contributed by atoms with Crippen LogP contribution in [0.4, 0.5) is 5.69 Å². The van der Waals surface area contributed by atoms with Crippen molar-refractivity contribution in [2.75, 3.05) is 5.32 Å². The Morgan fingerprint density at radius 3 is 2.69 bits per heavy atom. The van der Waals surface area contributed by atoms with Gasteiger partial charge in [-0.25, -0.2) is 0 Å². The number of nitrogens with zero attached hydrogens (tertiary/aromatic N) is 1. The van der Waals surface area contributed by atoms with E-state index in [2.05, 4.69) is 5.32 Å². The highest BCUT2D eigenvalue weighted by Gasteiger charge is 2.61. The molecule has 132 valence electrons. The number of ether oxygens (including phenoxy) is 1. The molecule has 1 aliphatic carbocycles. The van der Waals surface area contributed by atoms with E-state index in [4.69, 9.17) is 10.5 Å². The number of carbonyl (C=O) groups excluding carboxylic acids is 2. The van der Waals surface area contributed by atoms with E-state index in [0.29, 0.717) is 23.4 Å². The van der Waals surface area contributed by atoms with Crippen LogP contribution in [0.25, 0.3) is 0 Å². The van der Waals surface area contributed by atoms with Crippen molar-refractivity contribution >= 4 is 17.4 Å². The molecule has 0 unspecified atom stereocenters. The first kappa shape index (κ1) is 16.4. The van der Waals surface area contributed by atoms with Crippen LogP contribution in [-0.4, -0.2) is 11.7 Å². The van der Waals surface area contributed by atoms with Crippen molar-refractivity contribution < 1.29 is 14.3 Å². The summed E-state index contributed by atoms with van der Waals surface area (Å²) in [6, 6.07) is 7.50. The van der Waals surface area contributed by atoms with Crippen LogP contribution in [0.3, 0.4) is 0 Å². The summed E-state index contributed by atoms with van der Waals surface area (Å²) >= 11 is 0. The third-order valence-electron chi connectivity index (χ3n) is 5.41. The summed E-state index contributed by atoms with van der Waals surface area (Å²) in [6.07, 6.45) is 0.758. The maximum absolute atomic E-state index is 13.2. The lowest BCUT2D eigenvalue weighted by atomic mass is 9.61. The Bertz CT molecular complexity index is 994. The highest BCUT2D eigenvalue weighted by atomic mass is 16.5. The number of allylic oxidation sites excluding steroid dienone is 1. The van der Waals surface area contributed by atoms with Gasteiger partial charge in [0.05, 0.1) is 5.57 Å². The fourth-order valence-electron chi connectivity index (χ4n) is 4.48. The molecule has 0 saturated heterocycles. The molecule has 2 aliphatic heterocycles. The van der Waals surface area contributed by atoms with E-state index < -0.39 is 11.3 Å². The van der Waals surface area contributed by atoms with E-state index in [0.717, 1.165) is 5.56 Å². The smallest absolute Gasteiger partial charge is 0.245 e. The van der Waals surface area contributed by atoms with E-state index >= 15 is 0 Å². The number of ketones is 1. The predicted octanol–water partition coefficient (Wildman–Crippen LogP) is 2.55. The summed E-state index contributed by atoms with van der Waals surface area (Å²) in [5.74, 6) is -0.315. The number of Topliss-reactive ketones (excluding diaryl/α,β-unsaturated/α-hetero) is 1. The summed E-state index contributed by atoms with van der Waals surface area (Å²) in [7, 11) is 0. The molecular weight excluding hydrogens is 330 g/mol. The van der Waals surface area contributed by atoms with Gasteiger partial charge in [-0.2, -0.15) is 5.26 Å². The molecule has 2 heterocycles. The van der Waals surface area contributed by atoms with Crippen LogP contribution in [-0.2, 0) is 19.7 Å². The van der Waals surface area contributed by atoms with Crippen molar-refractivity contribution in [3.63, 3.8) is 0 Å². The first-order valence-corrected chi connectivity index (χ1v) is 8.49. The Morgan fingerprint density at radius 2 is 2.00 bits per heavy atom.